The molecule has 1 aliphatic heterocycles. The Balaban J connectivity index is 1.76. The highest BCUT2D eigenvalue weighted by Crippen LogP contribution is 2.33. The van der Waals surface area contributed by atoms with Gasteiger partial charge in [-0.3, -0.25) is 0 Å². The Morgan fingerprint density at radius 1 is 1.25 bits per heavy atom. The summed E-state index contributed by atoms with van der Waals surface area (Å²) in [5.74, 6) is 0.822. The number of nitrogens with zero attached hydrogens (tertiary/aromatic N) is 1. The molecular formula is C19H21ClN2O2. The summed E-state index contributed by atoms with van der Waals surface area (Å²) in [5, 5.41) is 3.65. The van der Waals surface area contributed by atoms with Crippen molar-refractivity contribution < 1.29 is 9.53 Å². The van der Waals surface area contributed by atoms with E-state index >= 15 is 0 Å². The number of carbonyl (C=O) groups is 1. The Hall–Kier alpha value is -2.20. The lowest BCUT2D eigenvalue weighted by atomic mass is 10.0. The van der Waals surface area contributed by atoms with Crippen LogP contribution in [0.15, 0.2) is 42.5 Å². The van der Waals surface area contributed by atoms with E-state index in [0.717, 1.165) is 42.0 Å². The molecule has 0 aliphatic carbocycles. The molecule has 4 nitrogen and oxygen atoms in total. The zero-order chi connectivity index (χ0) is 17.1. The van der Waals surface area contributed by atoms with Gasteiger partial charge in [-0.15, -0.1) is 0 Å². The van der Waals surface area contributed by atoms with Gasteiger partial charge in [0.15, 0.2) is 0 Å². The summed E-state index contributed by atoms with van der Waals surface area (Å²) in [6.45, 7) is 2.66. The van der Waals surface area contributed by atoms with Gasteiger partial charge in [0.05, 0.1) is 13.2 Å². The zero-order valence-corrected chi connectivity index (χ0v) is 14.6. The summed E-state index contributed by atoms with van der Waals surface area (Å²) in [4.78, 5) is 14.6. The number of amides is 2. The molecule has 0 bridgehead atoms. The van der Waals surface area contributed by atoms with Gasteiger partial charge in [-0.2, -0.15) is 0 Å². The Morgan fingerprint density at radius 2 is 2.00 bits per heavy atom. The second-order valence-corrected chi connectivity index (χ2v) is 6.37. The van der Waals surface area contributed by atoms with E-state index in [4.69, 9.17) is 16.3 Å². The van der Waals surface area contributed by atoms with E-state index in [0.29, 0.717) is 5.02 Å². The number of urea groups is 1. The first-order valence-electron chi connectivity index (χ1n) is 8.07. The molecule has 0 saturated carbocycles. The van der Waals surface area contributed by atoms with Gasteiger partial charge in [-0.05, 0) is 55.2 Å². The molecule has 0 aromatic heterocycles. The number of benzene rings is 2. The highest BCUT2D eigenvalue weighted by Gasteiger charge is 2.30. The maximum absolute atomic E-state index is 12.7. The van der Waals surface area contributed by atoms with E-state index in [1.54, 1.807) is 7.11 Å². The van der Waals surface area contributed by atoms with E-state index < -0.39 is 0 Å². The lowest BCUT2D eigenvalue weighted by molar-refractivity contribution is 0.207. The van der Waals surface area contributed by atoms with Crippen LogP contribution in [0.25, 0.3) is 0 Å². The summed E-state index contributed by atoms with van der Waals surface area (Å²) in [5.41, 5.74) is 2.77. The number of ether oxygens (including phenoxy) is 1. The van der Waals surface area contributed by atoms with Crippen molar-refractivity contribution in [1.82, 2.24) is 4.90 Å². The van der Waals surface area contributed by atoms with Crippen molar-refractivity contribution in [2.75, 3.05) is 19.0 Å². The lowest BCUT2D eigenvalue weighted by Gasteiger charge is -2.26. The fourth-order valence-electron chi connectivity index (χ4n) is 3.11. The molecule has 1 N–H and O–H groups in total. The molecule has 2 aromatic carbocycles. The van der Waals surface area contributed by atoms with Crippen molar-refractivity contribution in [2.24, 2.45) is 0 Å². The number of hydrogen-bond acceptors (Lipinski definition) is 2. The van der Waals surface area contributed by atoms with Crippen molar-refractivity contribution in [2.45, 2.75) is 25.8 Å². The summed E-state index contributed by atoms with van der Waals surface area (Å²) < 4.78 is 5.20. The summed E-state index contributed by atoms with van der Waals surface area (Å²) in [7, 11) is 1.65. The van der Waals surface area contributed by atoms with E-state index in [1.807, 2.05) is 54.3 Å². The Morgan fingerprint density at radius 3 is 2.71 bits per heavy atom. The number of likely N-dealkylation sites (tertiary alicyclic amines) is 1. The topological polar surface area (TPSA) is 41.6 Å². The van der Waals surface area contributed by atoms with Gasteiger partial charge in [0.2, 0.25) is 0 Å². The molecule has 24 heavy (non-hydrogen) atoms. The molecule has 1 heterocycles. The highest BCUT2D eigenvalue weighted by molar-refractivity contribution is 6.31. The minimum Gasteiger partial charge on any atom is -0.497 e. The molecule has 0 spiro atoms. The van der Waals surface area contributed by atoms with Crippen molar-refractivity contribution >= 4 is 23.3 Å². The number of nitrogens with one attached hydrogen (secondary N) is 1. The fourth-order valence-corrected chi connectivity index (χ4v) is 3.29. The number of anilines is 1. The van der Waals surface area contributed by atoms with Crippen LogP contribution < -0.4 is 10.1 Å². The zero-order valence-electron chi connectivity index (χ0n) is 13.9. The van der Waals surface area contributed by atoms with Crippen LogP contribution in [-0.4, -0.2) is 24.6 Å². The molecule has 2 amide bonds. The number of methoxy groups -OCH3 is 1. The third-order valence-corrected chi connectivity index (χ3v) is 4.93. The third-order valence-electron chi connectivity index (χ3n) is 4.52. The van der Waals surface area contributed by atoms with Crippen LogP contribution in [0, 0.1) is 6.92 Å². The predicted octanol–water partition coefficient (Wildman–Crippen LogP) is 5.03. The first-order valence-corrected chi connectivity index (χ1v) is 8.44. The van der Waals surface area contributed by atoms with Crippen LogP contribution in [0.1, 0.15) is 30.0 Å². The second-order valence-electron chi connectivity index (χ2n) is 5.97. The average Bonchev–Trinajstić information content (AvgIpc) is 3.09. The molecule has 0 radical (unpaired) electrons. The molecule has 1 atom stereocenters. The van der Waals surface area contributed by atoms with E-state index in [1.165, 1.54) is 0 Å². The van der Waals surface area contributed by atoms with Crippen molar-refractivity contribution in [3.63, 3.8) is 0 Å². The maximum Gasteiger partial charge on any atom is 0.322 e. The molecule has 126 valence electrons. The van der Waals surface area contributed by atoms with Crippen molar-refractivity contribution in [1.29, 1.82) is 0 Å². The minimum absolute atomic E-state index is 0.0846. The summed E-state index contributed by atoms with van der Waals surface area (Å²) >= 11 is 6.13. The molecule has 2 aromatic rings. The monoisotopic (exact) mass is 344 g/mol. The minimum atomic E-state index is -0.0846. The number of hydrogen-bond donors (Lipinski definition) is 1. The van der Waals surface area contributed by atoms with Crippen LogP contribution in [0.5, 0.6) is 5.75 Å². The quantitative estimate of drug-likeness (QED) is 0.848. The van der Waals surface area contributed by atoms with E-state index in [-0.39, 0.29) is 12.1 Å². The van der Waals surface area contributed by atoms with Gasteiger partial charge in [-0.1, -0.05) is 29.8 Å². The van der Waals surface area contributed by atoms with Crippen molar-refractivity contribution in [3.05, 3.63) is 58.6 Å². The molecule has 1 saturated heterocycles. The summed E-state index contributed by atoms with van der Waals surface area (Å²) in [6.07, 6.45) is 1.97. The van der Waals surface area contributed by atoms with Crippen molar-refractivity contribution in [3.8, 4) is 5.75 Å². The van der Waals surface area contributed by atoms with E-state index in [2.05, 4.69) is 5.32 Å². The molecular weight excluding hydrogens is 324 g/mol. The van der Waals surface area contributed by atoms with Gasteiger partial charge in [0.1, 0.15) is 5.75 Å². The van der Waals surface area contributed by atoms with Gasteiger partial charge in [0.25, 0.3) is 0 Å². The third kappa shape index (κ3) is 3.34. The highest BCUT2D eigenvalue weighted by atomic mass is 35.5. The Bertz CT molecular complexity index is 731. The molecule has 1 fully saturated rings. The molecule has 1 aliphatic rings. The normalized spacial score (nSPS) is 17.0. The van der Waals surface area contributed by atoms with Gasteiger partial charge in [0, 0.05) is 17.3 Å². The maximum atomic E-state index is 12.7. The van der Waals surface area contributed by atoms with Crippen LogP contribution in [-0.2, 0) is 0 Å². The van der Waals surface area contributed by atoms with Crippen LogP contribution in [0.2, 0.25) is 5.02 Å². The number of carbonyl (C=O) groups excluding carboxylic acids is 1. The Kier molecular flexibility index (Phi) is 4.95. The van der Waals surface area contributed by atoms with Gasteiger partial charge in [-0.25, -0.2) is 4.79 Å². The molecule has 5 heteroatoms. The second kappa shape index (κ2) is 7.14. The lowest BCUT2D eigenvalue weighted by Crippen LogP contribution is -2.34. The smallest absolute Gasteiger partial charge is 0.322 e. The number of rotatable bonds is 3. The van der Waals surface area contributed by atoms with Crippen LogP contribution in [0.3, 0.4) is 0 Å². The SMILES string of the molecule is COc1ccc([C@H]2CCCN2C(=O)Nc2cccc(Cl)c2C)cc1. The predicted molar refractivity (Wildman–Crippen MR) is 96.9 cm³/mol. The average molecular weight is 345 g/mol. The first kappa shape index (κ1) is 16.7. The Labute approximate surface area is 147 Å². The van der Waals surface area contributed by atoms with Crippen LogP contribution >= 0.6 is 11.6 Å². The molecule has 0 unspecified atom stereocenters. The largest absolute Gasteiger partial charge is 0.497 e. The standard InChI is InChI=1S/C19H21ClN2O2/c1-13-16(20)5-3-6-17(13)21-19(23)22-12-4-7-18(22)14-8-10-15(24-2)11-9-14/h3,5-6,8-11,18H,4,7,12H2,1-2H3,(H,21,23)/t18-/m1/s1. The first-order chi connectivity index (χ1) is 11.6. The van der Waals surface area contributed by atoms with Gasteiger partial charge >= 0.3 is 6.03 Å². The molecule has 3 rings (SSSR count). The number of halogens is 1. The van der Waals surface area contributed by atoms with Crippen LogP contribution in [0.4, 0.5) is 10.5 Å². The fraction of sp³-hybridized carbons (Fsp3) is 0.316. The summed E-state index contributed by atoms with van der Waals surface area (Å²) in [6, 6.07) is 13.5. The van der Waals surface area contributed by atoms with Gasteiger partial charge < -0.3 is 15.0 Å². The van der Waals surface area contributed by atoms with E-state index in [9.17, 15) is 4.79 Å².